The third-order valence-electron chi connectivity index (χ3n) is 3.83. The molecule has 0 saturated carbocycles. The molecular weight excluding hydrogens is 296 g/mol. The van der Waals surface area contributed by atoms with Crippen molar-refractivity contribution in [2.45, 2.75) is 12.5 Å². The van der Waals surface area contributed by atoms with Crippen LogP contribution in [-0.2, 0) is 4.79 Å². The van der Waals surface area contributed by atoms with Crippen LogP contribution in [0.25, 0.3) is 0 Å². The molecule has 7 heteroatoms. The average Bonchev–Trinajstić information content (AvgIpc) is 2.88. The zero-order valence-electron chi connectivity index (χ0n) is 13.0. The molecular formula is C16H17BFN3O2. The molecule has 1 fully saturated rings. The molecule has 1 unspecified atom stereocenters. The monoisotopic (exact) mass is 313 g/mol. The van der Waals surface area contributed by atoms with Crippen molar-refractivity contribution in [3.63, 3.8) is 0 Å². The van der Waals surface area contributed by atoms with Gasteiger partial charge in [-0.05, 0) is 18.6 Å². The molecule has 1 atom stereocenters. The number of rotatable bonds is 4. The Balaban J connectivity index is 1.74. The van der Waals surface area contributed by atoms with Crippen LogP contribution in [0.15, 0.2) is 36.5 Å². The molecule has 1 N–H and O–H groups in total. The summed E-state index contributed by atoms with van der Waals surface area (Å²) in [4.78, 5) is 18.5. The van der Waals surface area contributed by atoms with Crippen LogP contribution in [0.1, 0.15) is 6.42 Å². The van der Waals surface area contributed by atoms with Crippen molar-refractivity contribution in [1.82, 2.24) is 4.98 Å². The third kappa shape index (κ3) is 3.28. The average molecular weight is 313 g/mol. The number of aromatic nitrogens is 1. The SMILES string of the molecule is Bc1ccc(N2CCC(Nc3cc(F)cc(OC)c3)C2=O)nc1. The second-order valence-electron chi connectivity index (χ2n) is 5.55. The maximum absolute atomic E-state index is 13.5. The molecule has 1 aromatic heterocycles. The van der Waals surface area contributed by atoms with Crippen molar-refractivity contribution >= 4 is 30.7 Å². The van der Waals surface area contributed by atoms with Crippen molar-refractivity contribution in [2.24, 2.45) is 0 Å². The minimum absolute atomic E-state index is 0.0652. The van der Waals surface area contributed by atoms with Crippen molar-refractivity contribution < 1.29 is 13.9 Å². The lowest BCUT2D eigenvalue weighted by Gasteiger charge is -2.17. The molecule has 5 nitrogen and oxygen atoms in total. The topological polar surface area (TPSA) is 54.5 Å². The fourth-order valence-corrected chi connectivity index (χ4v) is 2.63. The Hall–Kier alpha value is -2.57. The van der Waals surface area contributed by atoms with Gasteiger partial charge >= 0.3 is 0 Å². The first-order valence-electron chi connectivity index (χ1n) is 7.42. The number of hydrogen-bond donors (Lipinski definition) is 1. The van der Waals surface area contributed by atoms with Crippen LogP contribution in [-0.4, -0.2) is 38.4 Å². The van der Waals surface area contributed by atoms with Crippen molar-refractivity contribution in [1.29, 1.82) is 0 Å². The highest BCUT2D eigenvalue weighted by atomic mass is 19.1. The third-order valence-corrected chi connectivity index (χ3v) is 3.83. The number of nitrogens with zero attached hydrogens (tertiary/aromatic N) is 2. The fourth-order valence-electron chi connectivity index (χ4n) is 2.63. The number of methoxy groups -OCH3 is 1. The summed E-state index contributed by atoms with van der Waals surface area (Å²) in [6.07, 6.45) is 2.37. The van der Waals surface area contributed by atoms with Crippen LogP contribution in [0.5, 0.6) is 5.75 Å². The summed E-state index contributed by atoms with van der Waals surface area (Å²) < 4.78 is 18.6. The lowest BCUT2D eigenvalue weighted by molar-refractivity contribution is -0.117. The highest BCUT2D eigenvalue weighted by Crippen LogP contribution is 2.24. The number of pyridine rings is 1. The molecule has 1 amide bonds. The summed E-state index contributed by atoms with van der Waals surface area (Å²) in [7, 11) is 3.42. The van der Waals surface area contributed by atoms with E-state index in [-0.39, 0.29) is 5.91 Å². The van der Waals surface area contributed by atoms with Crippen LogP contribution < -0.4 is 20.4 Å². The predicted molar refractivity (Wildman–Crippen MR) is 89.7 cm³/mol. The molecule has 3 rings (SSSR count). The number of halogens is 1. The van der Waals surface area contributed by atoms with Gasteiger partial charge in [0.05, 0.1) is 7.11 Å². The van der Waals surface area contributed by atoms with Gasteiger partial charge in [-0.3, -0.25) is 9.69 Å². The second-order valence-corrected chi connectivity index (χ2v) is 5.55. The van der Waals surface area contributed by atoms with E-state index in [0.29, 0.717) is 30.2 Å². The van der Waals surface area contributed by atoms with E-state index in [9.17, 15) is 9.18 Å². The standard InChI is InChI=1S/C16H17BFN3O2/c1-23-13-7-11(18)6-12(8-13)20-14-4-5-21(16(14)22)15-3-2-10(17)9-19-15/h2-3,6-9,14,20H,4-5,17H2,1H3. The first-order chi connectivity index (χ1) is 11.1. The van der Waals surface area contributed by atoms with E-state index in [1.54, 1.807) is 17.2 Å². The summed E-state index contributed by atoms with van der Waals surface area (Å²) in [6.45, 7) is 0.582. The molecule has 0 radical (unpaired) electrons. The summed E-state index contributed by atoms with van der Waals surface area (Å²) in [5, 5.41) is 3.08. The molecule has 2 heterocycles. The van der Waals surface area contributed by atoms with E-state index in [1.165, 1.54) is 19.2 Å². The predicted octanol–water partition coefficient (Wildman–Crippen LogP) is 0.705. The Kier molecular flexibility index (Phi) is 4.19. The number of amides is 1. The lowest BCUT2D eigenvalue weighted by Crippen LogP contribution is -2.34. The van der Waals surface area contributed by atoms with E-state index in [0.717, 1.165) is 5.46 Å². The normalized spacial score (nSPS) is 17.4. The van der Waals surface area contributed by atoms with Gasteiger partial charge in [0.1, 0.15) is 31.3 Å². The quantitative estimate of drug-likeness (QED) is 0.845. The van der Waals surface area contributed by atoms with E-state index in [4.69, 9.17) is 4.74 Å². The largest absolute Gasteiger partial charge is 0.497 e. The highest BCUT2D eigenvalue weighted by molar-refractivity contribution is 6.32. The van der Waals surface area contributed by atoms with Crippen LogP contribution >= 0.6 is 0 Å². The zero-order valence-corrected chi connectivity index (χ0v) is 13.0. The minimum atomic E-state index is -0.408. The Morgan fingerprint density at radius 2 is 2.22 bits per heavy atom. The molecule has 0 bridgehead atoms. The number of carbonyl (C=O) groups is 1. The van der Waals surface area contributed by atoms with Gasteiger partial charge in [0.25, 0.3) is 5.91 Å². The van der Waals surface area contributed by atoms with Gasteiger partial charge in [0.2, 0.25) is 0 Å². The van der Waals surface area contributed by atoms with Gasteiger partial charge in [-0.15, -0.1) is 0 Å². The highest BCUT2D eigenvalue weighted by Gasteiger charge is 2.33. The molecule has 0 spiro atoms. The van der Waals surface area contributed by atoms with Gasteiger partial charge in [-0.2, -0.15) is 0 Å². The molecule has 1 aromatic carbocycles. The Labute approximate surface area is 134 Å². The molecule has 1 saturated heterocycles. The maximum atomic E-state index is 13.5. The van der Waals surface area contributed by atoms with E-state index >= 15 is 0 Å². The smallest absolute Gasteiger partial charge is 0.250 e. The summed E-state index contributed by atoms with van der Waals surface area (Å²) in [5.74, 6) is 0.579. The molecule has 0 aliphatic carbocycles. The zero-order chi connectivity index (χ0) is 16.4. The van der Waals surface area contributed by atoms with E-state index in [2.05, 4.69) is 10.3 Å². The first-order valence-corrected chi connectivity index (χ1v) is 7.42. The van der Waals surface area contributed by atoms with Gasteiger partial charge < -0.3 is 10.1 Å². The number of benzene rings is 1. The van der Waals surface area contributed by atoms with Gasteiger partial charge in [-0.25, -0.2) is 9.37 Å². The number of hydrogen-bond acceptors (Lipinski definition) is 4. The second kappa shape index (κ2) is 6.28. The number of ether oxygens (including phenoxy) is 1. The van der Waals surface area contributed by atoms with Crippen molar-refractivity contribution in [3.05, 3.63) is 42.3 Å². The molecule has 2 aromatic rings. The van der Waals surface area contributed by atoms with Gasteiger partial charge in [-0.1, -0.05) is 11.5 Å². The van der Waals surface area contributed by atoms with Crippen molar-refractivity contribution in [3.8, 4) is 5.75 Å². The van der Waals surface area contributed by atoms with Crippen LogP contribution in [0.3, 0.4) is 0 Å². The lowest BCUT2D eigenvalue weighted by atomic mass is 9.99. The number of anilines is 2. The molecule has 1 aliphatic heterocycles. The maximum Gasteiger partial charge on any atom is 0.250 e. The molecule has 23 heavy (non-hydrogen) atoms. The van der Waals surface area contributed by atoms with Crippen LogP contribution in [0, 0.1) is 5.82 Å². The summed E-state index contributed by atoms with van der Waals surface area (Å²) >= 11 is 0. The van der Waals surface area contributed by atoms with E-state index in [1.807, 2.05) is 20.0 Å². The number of nitrogens with one attached hydrogen (secondary N) is 1. The first kappa shape index (κ1) is 15.3. The van der Waals surface area contributed by atoms with E-state index < -0.39 is 11.9 Å². The van der Waals surface area contributed by atoms with Gasteiger partial charge in [0.15, 0.2) is 0 Å². The van der Waals surface area contributed by atoms with Crippen molar-refractivity contribution in [2.75, 3.05) is 23.9 Å². The summed E-state index contributed by atoms with van der Waals surface area (Å²) in [5.41, 5.74) is 1.57. The van der Waals surface area contributed by atoms with Gasteiger partial charge in [0, 0.05) is 30.6 Å². The number of carbonyl (C=O) groups excluding carboxylic acids is 1. The fraction of sp³-hybridized carbons (Fsp3) is 0.250. The molecule has 1 aliphatic rings. The Bertz CT molecular complexity index is 724. The van der Waals surface area contributed by atoms with Crippen LogP contribution in [0.2, 0.25) is 0 Å². The minimum Gasteiger partial charge on any atom is -0.497 e. The Morgan fingerprint density at radius 1 is 1.39 bits per heavy atom. The Morgan fingerprint density at radius 3 is 2.91 bits per heavy atom. The molecule has 118 valence electrons. The summed E-state index contributed by atoms with van der Waals surface area (Å²) in [6, 6.07) is 7.68. The van der Waals surface area contributed by atoms with Crippen LogP contribution in [0.4, 0.5) is 15.9 Å².